The van der Waals surface area contributed by atoms with Gasteiger partial charge < -0.3 is 24.3 Å². The molecule has 0 bridgehead atoms. The molecule has 2 heterocycles. The van der Waals surface area contributed by atoms with E-state index in [1.54, 1.807) is 0 Å². The molecule has 1 aromatic heterocycles. The molecule has 1 fully saturated rings. The van der Waals surface area contributed by atoms with E-state index >= 15 is 0 Å². The summed E-state index contributed by atoms with van der Waals surface area (Å²) in [6, 6.07) is 4.92. The van der Waals surface area contributed by atoms with Crippen molar-refractivity contribution in [2.75, 3.05) is 13.7 Å². The van der Waals surface area contributed by atoms with Crippen LogP contribution in [0.25, 0.3) is 6.08 Å². The quantitative estimate of drug-likeness (QED) is 0.359. The molecule has 0 aliphatic carbocycles. The van der Waals surface area contributed by atoms with E-state index in [0.29, 0.717) is 5.56 Å². The van der Waals surface area contributed by atoms with Crippen molar-refractivity contribution in [2.24, 2.45) is 0 Å². The first-order chi connectivity index (χ1) is 14.7. The number of furan rings is 1. The summed E-state index contributed by atoms with van der Waals surface area (Å²) in [7, 11) is 1.20. The topological polar surface area (TPSA) is 135 Å². The summed E-state index contributed by atoms with van der Waals surface area (Å²) in [4.78, 5) is 47.8. The van der Waals surface area contributed by atoms with Crippen molar-refractivity contribution >= 4 is 53.2 Å². The minimum Gasteiger partial charge on any atom is -0.479 e. The smallest absolute Gasteiger partial charge is 0.373 e. The largest absolute Gasteiger partial charge is 0.479 e. The highest BCUT2D eigenvalue weighted by Crippen LogP contribution is 2.35. The lowest BCUT2D eigenvalue weighted by atomic mass is 10.1. The molecule has 12 heteroatoms. The van der Waals surface area contributed by atoms with Gasteiger partial charge in [-0.15, -0.1) is 0 Å². The second kappa shape index (κ2) is 9.11. The number of ether oxygens (including phenoxy) is 2. The van der Waals surface area contributed by atoms with E-state index in [4.69, 9.17) is 37.5 Å². The van der Waals surface area contributed by atoms with Crippen molar-refractivity contribution in [3.05, 3.63) is 57.1 Å². The molecule has 10 nitrogen and oxygen atoms in total. The van der Waals surface area contributed by atoms with Crippen LogP contribution in [0.2, 0.25) is 10.0 Å². The van der Waals surface area contributed by atoms with Crippen molar-refractivity contribution in [3.8, 4) is 5.75 Å². The van der Waals surface area contributed by atoms with Gasteiger partial charge >= 0.3 is 18.0 Å². The van der Waals surface area contributed by atoms with Crippen LogP contribution in [0.3, 0.4) is 0 Å². The number of imide groups is 1. The van der Waals surface area contributed by atoms with Crippen LogP contribution in [0.15, 0.2) is 34.4 Å². The minimum atomic E-state index is -1.20. The van der Waals surface area contributed by atoms with Crippen LogP contribution >= 0.6 is 23.2 Å². The third-order valence-electron chi connectivity index (χ3n) is 4.00. The molecule has 0 saturated carbocycles. The van der Waals surface area contributed by atoms with Crippen LogP contribution in [-0.2, 0) is 20.9 Å². The zero-order valence-corrected chi connectivity index (χ0v) is 17.3. The first kappa shape index (κ1) is 22.2. The van der Waals surface area contributed by atoms with Gasteiger partial charge in [-0.25, -0.2) is 14.4 Å². The highest BCUT2D eigenvalue weighted by molar-refractivity contribution is 6.37. The van der Waals surface area contributed by atoms with E-state index in [1.807, 2.05) is 0 Å². The van der Waals surface area contributed by atoms with Gasteiger partial charge in [-0.3, -0.25) is 9.69 Å². The second-order valence-electron chi connectivity index (χ2n) is 6.13. The monoisotopic (exact) mass is 468 g/mol. The van der Waals surface area contributed by atoms with Crippen molar-refractivity contribution in [1.82, 2.24) is 10.2 Å². The lowest BCUT2D eigenvalue weighted by Crippen LogP contribution is -2.30. The number of esters is 1. The summed E-state index contributed by atoms with van der Waals surface area (Å²) < 4.78 is 14.8. The van der Waals surface area contributed by atoms with Gasteiger partial charge in [0.1, 0.15) is 11.5 Å². The molecule has 1 aliphatic rings. The summed E-state index contributed by atoms with van der Waals surface area (Å²) >= 11 is 12.2. The van der Waals surface area contributed by atoms with Crippen molar-refractivity contribution < 1.29 is 38.2 Å². The van der Waals surface area contributed by atoms with Gasteiger partial charge in [0.05, 0.1) is 23.7 Å². The highest BCUT2D eigenvalue weighted by Gasteiger charge is 2.34. The molecule has 31 heavy (non-hydrogen) atoms. The Morgan fingerprint density at radius 2 is 1.90 bits per heavy atom. The maximum atomic E-state index is 12.6. The van der Waals surface area contributed by atoms with Crippen LogP contribution in [0.5, 0.6) is 5.75 Å². The molecule has 2 N–H and O–H groups in total. The first-order valence-corrected chi connectivity index (χ1v) is 9.30. The van der Waals surface area contributed by atoms with E-state index in [2.05, 4.69) is 10.1 Å². The summed E-state index contributed by atoms with van der Waals surface area (Å²) in [5.74, 6) is -2.40. The van der Waals surface area contributed by atoms with E-state index < -0.39 is 30.5 Å². The van der Waals surface area contributed by atoms with Crippen LogP contribution in [0.1, 0.15) is 21.9 Å². The summed E-state index contributed by atoms with van der Waals surface area (Å²) in [5.41, 5.74) is 0.324. The molecule has 162 valence electrons. The third kappa shape index (κ3) is 4.98. The fourth-order valence-electron chi connectivity index (χ4n) is 2.65. The summed E-state index contributed by atoms with van der Waals surface area (Å²) in [6.45, 7) is -0.837. The number of urea groups is 1. The fourth-order valence-corrected chi connectivity index (χ4v) is 3.26. The van der Waals surface area contributed by atoms with Gasteiger partial charge in [0, 0.05) is 0 Å². The number of hydrogen-bond donors (Lipinski definition) is 2. The third-order valence-corrected chi connectivity index (χ3v) is 4.56. The number of carboxylic acids is 1. The average molecular weight is 469 g/mol. The number of methoxy groups -OCH3 is 1. The van der Waals surface area contributed by atoms with Crippen molar-refractivity contribution in [1.29, 1.82) is 0 Å². The van der Waals surface area contributed by atoms with Crippen molar-refractivity contribution in [3.63, 3.8) is 0 Å². The Kier molecular flexibility index (Phi) is 6.52. The number of nitrogens with zero attached hydrogens (tertiary/aromatic N) is 1. The van der Waals surface area contributed by atoms with Crippen LogP contribution in [0, 0.1) is 0 Å². The lowest BCUT2D eigenvalue weighted by molar-refractivity contribution is -0.139. The molecule has 1 aliphatic heterocycles. The molecule has 3 amide bonds. The zero-order valence-electron chi connectivity index (χ0n) is 15.8. The van der Waals surface area contributed by atoms with E-state index in [-0.39, 0.29) is 39.6 Å². The number of rotatable bonds is 7. The highest BCUT2D eigenvalue weighted by atomic mass is 35.5. The maximum Gasteiger partial charge on any atom is 0.373 e. The Bertz CT molecular complexity index is 1090. The molecule has 2 aromatic rings. The van der Waals surface area contributed by atoms with E-state index in [9.17, 15) is 19.2 Å². The van der Waals surface area contributed by atoms with E-state index in [0.717, 1.165) is 4.90 Å². The minimum absolute atomic E-state index is 0.0180. The Labute approximate surface area is 184 Å². The number of halogens is 2. The second-order valence-corrected chi connectivity index (χ2v) is 6.95. The normalized spacial score (nSPS) is 14.7. The Morgan fingerprint density at radius 1 is 1.23 bits per heavy atom. The summed E-state index contributed by atoms with van der Waals surface area (Å²) in [5, 5.41) is 11.2. The molecular formula is C19H14Cl2N2O8. The first-order valence-electron chi connectivity index (χ1n) is 8.54. The van der Waals surface area contributed by atoms with Gasteiger partial charge in [0.15, 0.2) is 12.4 Å². The van der Waals surface area contributed by atoms with Crippen LogP contribution in [0.4, 0.5) is 4.79 Å². The molecule has 0 atom stereocenters. The number of benzene rings is 1. The number of carbonyl (C=O) groups is 4. The van der Waals surface area contributed by atoms with Gasteiger partial charge in [0.2, 0.25) is 5.76 Å². The molecule has 0 spiro atoms. The number of carboxylic acid groups (broad SMARTS) is 1. The number of nitrogens with one attached hydrogen (secondary N) is 1. The Balaban J connectivity index is 1.77. The molecular weight excluding hydrogens is 455 g/mol. The van der Waals surface area contributed by atoms with Gasteiger partial charge in [0.25, 0.3) is 5.91 Å². The molecule has 1 aromatic carbocycles. The SMILES string of the molecule is COC(=O)c1ccc(CN2C(=O)N/C(=C\c3cc(Cl)c(OCC(=O)O)c(Cl)c3)C2=O)o1. The predicted octanol–water partition coefficient (Wildman–Crippen LogP) is 2.93. The average Bonchev–Trinajstić information content (AvgIpc) is 3.27. The zero-order chi connectivity index (χ0) is 22.7. The number of amides is 3. The van der Waals surface area contributed by atoms with Gasteiger partial charge in [-0.1, -0.05) is 23.2 Å². The number of carbonyl (C=O) groups excluding carboxylic acids is 3. The molecule has 0 radical (unpaired) electrons. The number of aliphatic carboxylic acids is 1. The maximum absolute atomic E-state index is 12.6. The Morgan fingerprint density at radius 3 is 2.52 bits per heavy atom. The Hall–Kier alpha value is -3.50. The van der Waals surface area contributed by atoms with Gasteiger partial charge in [-0.2, -0.15) is 0 Å². The van der Waals surface area contributed by atoms with Crippen LogP contribution in [-0.4, -0.2) is 47.6 Å². The predicted molar refractivity (Wildman–Crippen MR) is 107 cm³/mol. The molecule has 3 rings (SSSR count). The summed E-state index contributed by atoms with van der Waals surface area (Å²) in [6.07, 6.45) is 1.35. The fraction of sp³-hybridized carbons (Fsp3) is 0.158. The standard InChI is InChI=1S/C19H14Cl2N2O8/c1-29-18(27)14-3-2-10(31-14)7-23-17(26)13(22-19(23)28)6-9-4-11(20)16(12(21)5-9)30-8-15(24)25/h2-6H,7-8H2,1H3,(H,22,28)(H,24,25)/b13-6-. The van der Waals surface area contributed by atoms with Gasteiger partial charge in [-0.05, 0) is 35.9 Å². The molecule has 1 saturated heterocycles. The van der Waals surface area contributed by atoms with Crippen molar-refractivity contribution in [2.45, 2.75) is 6.54 Å². The lowest BCUT2D eigenvalue weighted by Gasteiger charge is -2.10. The van der Waals surface area contributed by atoms with E-state index in [1.165, 1.54) is 37.5 Å². The molecule has 0 unspecified atom stereocenters. The number of hydrogen-bond acceptors (Lipinski definition) is 7. The van der Waals surface area contributed by atoms with Crippen LogP contribution < -0.4 is 10.1 Å².